The highest BCUT2D eigenvalue weighted by atomic mass is 16.5. The fourth-order valence-electron chi connectivity index (χ4n) is 2.28. The van der Waals surface area contributed by atoms with Gasteiger partial charge in [-0.1, -0.05) is 12.1 Å². The normalized spacial score (nSPS) is 14.1. The second-order valence-corrected chi connectivity index (χ2v) is 4.60. The van der Waals surface area contributed by atoms with E-state index >= 15 is 0 Å². The van der Waals surface area contributed by atoms with Gasteiger partial charge in [-0.2, -0.15) is 0 Å². The number of carbonyl (C=O) groups is 1. The molecule has 2 aromatic rings. The third-order valence-corrected chi connectivity index (χ3v) is 3.21. The van der Waals surface area contributed by atoms with Crippen LogP contribution in [0, 0.1) is 0 Å². The number of amides is 1. The summed E-state index contributed by atoms with van der Waals surface area (Å²) in [4.78, 5) is 18.3. The molecule has 0 bridgehead atoms. The molecule has 0 aliphatic carbocycles. The van der Waals surface area contributed by atoms with E-state index in [1.165, 1.54) is 0 Å². The van der Waals surface area contributed by atoms with Gasteiger partial charge in [0.05, 0.1) is 12.3 Å². The van der Waals surface area contributed by atoms with Crippen molar-refractivity contribution < 1.29 is 9.53 Å². The molecule has 102 valence electrons. The summed E-state index contributed by atoms with van der Waals surface area (Å²) < 4.78 is 5.66. The number of hydrogen-bond acceptors (Lipinski definition) is 4. The second-order valence-electron chi connectivity index (χ2n) is 4.60. The van der Waals surface area contributed by atoms with E-state index in [4.69, 9.17) is 10.5 Å². The van der Waals surface area contributed by atoms with Crippen LogP contribution in [0.2, 0.25) is 0 Å². The standard InChI is InChI=1S/C15H15N3O2/c16-14-10-11(6-7-17-14)15(19)18-8-3-9-20-13-5-2-1-4-12(13)18/h1-2,4-7,10H,3,8-9H2,(H2,16,17). The van der Waals surface area contributed by atoms with Crippen LogP contribution in [0.15, 0.2) is 42.6 Å². The van der Waals surface area contributed by atoms with Gasteiger partial charge in [-0.3, -0.25) is 4.79 Å². The number of nitrogens with zero attached hydrogens (tertiary/aromatic N) is 2. The molecule has 1 amide bonds. The zero-order chi connectivity index (χ0) is 13.9. The van der Waals surface area contributed by atoms with Crippen LogP contribution in [0.25, 0.3) is 0 Å². The summed E-state index contributed by atoms with van der Waals surface area (Å²) in [5.41, 5.74) is 6.98. The van der Waals surface area contributed by atoms with Crippen molar-refractivity contribution in [3.63, 3.8) is 0 Å². The summed E-state index contributed by atoms with van der Waals surface area (Å²) in [5.74, 6) is 0.993. The molecular formula is C15H15N3O2. The lowest BCUT2D eigenvalue weighted by atomic mass is 10.2. The van der Waals surface area contributed by atoms with E-state index in [9.17, 15) is 4.79 Å². The van der Waals surface area contributed by atoms with E-state index in [0.717, 1.165) is 17.9 Å². The smallest absolute Gasteiger partial charge is 0.258 e. The monoisotopic (exact) mass is 269 g/mol. The van der Waals surface area contributed by atoms with Crippen LogP contribution in [0.4, 0.5) is 11.5 Å². The van der Waals surface area contributed by atoms with Gasteiger partial charge in [0, 0.05) is 18.3 Å². The van der Waals surface area contributed by atoms with Crippen molar-refractivity contribution in [2.45, 2.75) is 6.42 Å². The van der Waals surface area contributed by atoms with Crippen LogP contribution < -0.4 is 15.4 Å². The van der Waals surface area contributed by atoms with Gasteiger partial charge >= 0.3 is 0 Å². The highest BCUT2D eigenvalue weighted by Gasteiger charge is 2.23. The first-order valence-corrected chi connectivity index (χ1v) is 6.51. The molecule has 0 unspecified atom stereocenters. The molecule has 0 fully saturated rings. The molecule has 20 heavy (non-hydrogen) atoms. The molecule has 2 N–H and O–H groups in total. The van der Waals surface area contributed by atoms with Gasteiger partial charge in [0.15, 0.2) is 0 Å². The van der Waals surface area contributed by atoms with E-state index in [2.05, 4.69) is 4.98 Å². The average molecular weight is 269 g/mol. The molecule has 1 aliphatic rings. The Morgan fingerprint density at radius 1 is 1.30 bits per heavy atom. The number of fused-ring (bicyclic) bond motifs is 1. The minimum absolute atomic E-state index is 0.0861. The number of benzene rings is 1. The van der Waals surface area contributed by atoms with E-state index < -0.39 is 0 Å². The van der Waals surface area contributed by atoms with Crippen molar-refractivity contribution in [3.05, 3.63) is 48.2 Å². The van der Waals surface area contributed by atoms with Gasteiger partial charge in [-0.25, -0.2) is 4.98 Å². The lowest BCUT2D eigenvalue weighted by Gasteiger charge is -2.21. The largest absolute Gasteiger partial charge is 0.491 e. The molecule has 0 radical (unpaired) electrons. The SMILES string of the molecule is Nc1cc(C(=O)N2CCCOc3ccccc32)ccn1. The summed E-state index contributed by atoms with van der Waals surface area (Å²) in [5, 5.41) is 0. The number of aromatic nitrogens is 1. The summed E-state index contributed by atoms with van der Waals surface area (Å²) in [6.07, 6.45) is 2.34. The molecule has 0 spiro atoms. The predicted molar refractivity (Wildman–Crippen MR) is 76.9 cm³/mol. The summed E-state index contributed by atoms with van der Waals surface area (Å²) in [6, 6.07) is 10.8. The summed E-state index contributed by atoms with van der Waals surface area (Å²) >= 11 is 0. The number of ether oxygens (including phenoxy) is 1. The van der Waals surface area contributed by atoms with Crippen LogP contribution in [0.5, 0.6) is 5.75 Å². The number of anilines is 2. The first-order valence-electron chi connectivity index (χ1n) is 6.51. The highest BCUT2D eigenvalue weighted by Crippen LogP contribution is 2.31. The maximum Gasteiger partial charge on any atom is 0.258 e. The lowest BCUT2D eigenvalue weighted by Crippen LogP contribution is -2.31. The Balaban J connectivity index is 1.99. The Morgan fingerprint density at radius 3 is 3.00 bits per heavy atom. The minimum atomic E-state index is -0.0861. The zero-order valence-corrected chi connectivity index (χ0v) is 11.0. The zero-order valence-electron chi connectivity index (χ0n) is 11.0. The predicted octanol–water partition coefficient (Wildman–Crippen LogP) is 2.09. The van der Waals surface area contributed by atoms with Crippen molar-refractivity contribution in [2.24, 2.45) is 0 Å². The van der Waals surface area contributed by atoms with E-state index in [-0.39, 0.29) is 5.91 Å². The molecule has 5 heteroatoms. The molecular weight excluding hydrogens is 254 g/mol. The Kier molecular flexibility index (Phi) is 3.25. The first-order chi connectivity index (χ1) is 9.75. The van der Waals surface area contributed by atoms with E-state index in [1.54, 1.807) is 23.2 Å². The second kappa shape index (κ2) is 5.21. The molecule has 5 nitrogen and oxygen atoms in total. The molecule has 3 rings (SSSR count). The molecule has 1 aromatic carbocycles. The molecule has 1 aromatic heterocycles. The van der Waals surface area contributed by atoms with Crippen molar-refractivity contribution in [3.8, 4) is 5.75 Å². The third kappa shape index (κ3) is 2.30. The van der Waals surface area contributed by atoms with Crippen LogP contribution in [-0.2, 0) is 0 Å². The number of hydrogen-bond donors (Lipinski definition) is 1. The van der Waals surface area contributed by atoms with Gasteiger partial charge in [-0.05, 0) is 30.7 Å². The van der Waals surface area contributed by atoms with Crippen LogP contribution in [0.3, 0.4) is 0 Å². The van der Waals surface area contributed by atoms with Crippen molar-refractivity contribution in [1.29, 1.82) is 0 Å². The van der Waals surface area contributed by atoms with Crippen molar-refractivity contribution in [1.82, 2.24) is 4.98 Å². The number of rotatable bonds is 1. The third-order valence-electron chi connectivity index (χ3n) is 3.21. The summed E-state index contributed by atoms with van der Waals surface area (Å²) in [6.45, 7) is 1.23. The van der Waals surface area contributed by atoms with Gasteiger partial charge in [-0.15, -0.1) is 0 Å². The number of para-hydroxylation sites is 2. The molecule has 0 atom stereocenters. The van der Waals surface area contributed by atoms with Crippen LogP contribution >= 0.6 is 0 Å². The maximum atomic E-state index is 12.7. The number of pyridine rings is 1. The quantitative estimate of drug-likeness (QED) is 0.860. The molecule has 2 heterocycles. The molecule has 0 saturated carbocycles. The van der Waals surface area contributed by atoms with Crippen molar-refractivity contribution >= 4 is 17.4 Å². The van der Waals surface area contributed by atoms with Crippen LogP contribution in [-0.4, -0.2) is 24.0 Å². The number of nitrogen functional groups attached to an aromatic ring is 1. The number of carbonyl (C=O) groups excluding carboxylic acids is 1. The molecule has 1 aliphatic heterocycles. The Labute approximate surface area is 117 Å². The molecule has 0 saturated heterocycles. The van der Waals surface area contributed by atoms with E-state index in [0.29, 0.717) is 24.5 Å². The van der Waals surface area contributed by atoms with E-state index in [1.807, 2.05) is 24.3 Å². The fourth-order valence-corrected chi connectivity index (χ4v) is 2.28. The fraction of sp³-hybridized carbons (Fsp3) is 0.200. The topological polar surface area (TPSA) is 68.5 Å². The van der Waals surface area contributed by atoms with Gasteiger partial charge in [0.25, 0.3) is 5.91 Å². The maximum absolute atomic E-state index is 12.7. The minimum Gasteiger partial charge on any atom is -0.491 e. The Bertz CT molecular complexity index is 643. The first kappa shape index (κ1) is 12.5. The Hall–Kier alpha value is -2.56. The van der Waals surface area contributed by atoms with Gasteiger partial charge in [0.1, 0.15) is 11.6 Å². The van der Waals surface area contributed by atoms with Gasteiger partial charge < -0.3 is 15.4 Å². The number of nitrogens with two attached hydrogens (primary N) is 1. The van der Waals surface area contributed by atoms with Crippen LogP contribution in [0.1, 0.15) is 16.8 Å². The highest BCUT2D eigenvalue weighted by molar-refractivity contribution is 6.07. The Morgan fingerprint density at radius 2 is 2.15 bits per heavy atom. The summed E-state index contributed by atoms with van der Waals surface area (Å²) in [7, 11) is 0. The lowest BCUT2D eigenvalue weighted by molar-refractivity contribution is 0.0987. The van der Waals surface area contributed by atoms with Crippen molar-refractivity contribution in [2.75, 3.05) is 23.8 Å². The average Bonchev–Trinajstić information content (AvgIpc) is 2.69. The van der Waals surface area contributed by atoms with Gasteiger partial charge in [0.2, 0.25) is 0 Å².